The van der Waals surface area contributed by atoms with Gasteiger partial charge >= 0.3 is 0 Å². The SMILES string of the molecule is Cc1ccc(NC(=S)N(CCN(C)C)[C@H]2CCS(=O)(=O)C2)cc1Cl. The van der Waals surface area contributed by atoms with Crippen molar-refractivity contribution in [3.8, 4) is 0 Å². The highest BCUT2D eigenvalue weighted by Crippen LogP contribution is 2.22. The van der Waals surface area contributed by atoms with Crippen molar-refractivity contribution in [2.24, 2.45) is 0 Å². The van der Waals surface area contributed by atoms with Gasteiger partial charge in [0.05, 0.1) is 11.5 Å². The molecular formula is C16H24ClN3O2S2. The molecule has 0 bridgehead atoms. The van der Waals surface area contributed by atoms with Crippen molar-refractivity contribution >= 4 is 44.5 Å². The average molecular weight is 390 g/mol. The lowest BCUT2D eigenvalue weighted by atomic mass is 10.2. The molecule has 1 saturated heterocycles. The fourth-order valence-corrected chi connectivity index (χ4v) is 4.91. The van der Waals surface area contributed by atoms with Gasteiger partial charge in [-0.05, 0) is 57.4 Å². The molecule has 1 atom stereocenters. The first-order valence-corrected chi connectivity index (χ1v) is 10.5. The van der Waals surface area contributed by atoms with Gasteiger partial charge < -0.3 is 15.1 Å². The number of sulfone groups is 1. The summed E-state index contributed by atoms with van der Waals surface area (Å²) in [5, 5.41) is 4.41. The van der Waals surface area contributed by atoms with Gasteiger partial charge in [0.25, 0.3) is 0 Å². The van der Waals surface area contributed by atoms with E-state index < -0.39 is 9.84 Å². The third-order valence-corrected chi connectivity index (χ3v) is 6.62. The minimum atomic E-state index is -2.96. The minimum Gasteiger partial charge on any atom is -0.344 e. The van der Waals surface area contributed by atoms with Crippen molar-refractivity contribution in [1.29, 1.82) is 0 Å². The number of benzene rings is 1. The smallest absolute Gasteiger partial charge is 0.173 e. The van der Waals surface area contributed by atoms with Gasteiger partial charge in [0.15, 0.2) is 14.9 Å². The first-order valence-electron chi connectivity index (χ1n) is 7.87. The Balaban J connectivity index is 2.12. The van der Waals surface area contributed by atoms with Gasteiger partial charge in [-0.2, -0.15) is 0 Å². The molecule has 24 heavy (non-hydrogen) atoms. The molecule has 0 spiro atoms. The lowest BCUT2D eigenvalue weighted by molar-refractivity contribution is 0.289. The number of nitrogens with one attached hydrogen (secondary N) is 1. The Kier molecular flexibility index (Phi) is 6.47. The van der Waals surface area contributed by atoms with Crippen molar-refractivity contribution in [1.82, 2.24) is 9.80 Å². The van der Waals surface area contributed by atoms with E-state index in [1.807, 2.05) is 44.1 Å². The Morgan fingerprint density at radius 1 is 1.38 bits per heavy atom. The molecule has 134 valence electrons. The molecule has 0 amide bonds. The van der Waals surface area contributed by atoms with Crippen LogP contribution in [-0.2, 0) is 9.84 Å². The topological polar surface area (TPSA) is 52.6 Å². The van der Waals surface area contributed by atoms with Crippen molar-refractivity contribution < 1.29 is 8.42 Å². The highest BCUT2D eigenvalue weighted by Gasteiger charge is 2.33. The molecule has 1 N–H and O–H groups in total. The highest BCUT2D eigenvalue weighted by atomic mass is 35.5. The normalized spacial score (nSPS) is 19.5. The molecule has 0 radical (unpaired) electrons. The molecule has 5 nitrogen and oxygen atoms in total. The lowest BCUT2D eigenvalue weighted by Crippen LogP contribution is -2.46. The maximum atomic E-state index is 11.8. The maximum Gasteiger partial charge on any atom is 0.173 e. The Hall–Kier alpha value is -0.890. The number of aryl methyl sites for hydroxylation is 1. The number of hydrogen-bond acceptors (Lipinski definition) is 4. The predicted octanol–water partition coefficient (Wildman–Crippen LogP) is 2.40. The van der Waals surface area contributed by atoms with Gasteiger partial charge in [0, 0.05) is 29.8 Å². The number of likely N-dealkylation sites (N-methyl/N-ethyl adjacent to an activating group) is 1. The van der Waals surface area contributed by atoms with E-state index in [0.29, 0.717) is 23.1 Å². The van der Waals surface area contributed by atoms with Gasteiger partial charge in [-0.25, -0.2) is 8.42 Å². The third-order valence-electron chi connectivity index (χ3n) is 4.12. The van der Waals surface area contributed by atoms with Crippen molar-refractivity contribution in [3.05, 3.63) is 28.8 Å². The van der Waals surface area contributed by atoms with E-state index in [-0.39, 0.29) is 17.5 Å². The second kappa shape index (κ2) is 7.99. The number of thiocarbonyl (C=S) groups is 1. The molecule has 2 rings (SSSR count). The monoisotopic (exact) mass is 389 g/mol. The first kappa shape index (κ1) is 19.4. The number of halogens is 1. The standard InChI is InChI=1S/C16H24ClN3O2S2/c1-12-4-5-13(10-15(12)17)18-16(23)20(8-7-19(2)3)14-6-9-24(21,22)11-14/h4-5,10,14H,6-9,11H2,1-3H3,(H,18,23)/t14-/m0/s1. The van der Waals surface area contributed by atoms with E-state index in [9.17, 15) is 8.42 Å². The van der Waals surface area contributed by atoms with Crippen LogP contribution in [0.15, 0.2) is 18.2 Å². The summed E-state index contributed by atoms with van der Waals surface area (Å²) in [4.78, 5) is 4.05. The maximum absolute atomic E-state index is 11.8. The van der Waals surface area contributed by atoms with E-state index in [1.54, 1.807) is 0 Å². The first-order chi connectivity index (χ1) is 11.2. The van der Waals surface area contributed by atoms with E-state index in [4.69, 9.17) is 23.8 Å². The van der Waals surface area contributed by atoms with Crippen LogP contribution in [0.1, 0.15) is 12.0 Å². The zero-order valence-electron chi connectivity index (χ0n) is 14.3. The summed E-state index contributed by atoms with van der Waals surface area (Å²) in [6, 6.07) is 5.61. The fraction of sp³-hybridized carbons (Fsp3) is 0.562. The molecule has 1 aromatic carbocycles. The highest BCUT2D eigenvalue weighted by molar-refractivity contribution is 7.91. The molecule has 8 heteroatoms. The molecule has 1 fully saturated rings. The van der Waals surface area contributed by atoms with Gasteiger partial charge in [-0.1, -0.05) is 17.7 Å². The number of anilines is 1. The van der Waals surface area contributed by atoms with Crippen LogP contribution in [-0.4, -0.2) is 68.1 Å². The summed E-state index contributed by atoms with van der Waals surface area (Å²) < 4.78 is 23.7. The Labute approximate surface area is 154 Å². The lowest BCUT2D eigenvalue weighted by Gasteiger charge is -2.32. The minimum absolute atomic E-state index is 0.0733. The zero-order chi connectivity index (χ0) is 17.9. The molecule has 1 aliphatic rings. The summed E-state index contributed by atoms with van der Waals surface area (Å²) in [6.07, 6.45) is 0.617. The van der Waals surface area contributed by atoms with Gasteiger partial charge in [-0.3, -0.25) is 0 Å². The molecule has 0 aliphatic carbocycles. The molecular weight excluding hydrogens is 366 g/mol. The van der Waals surface area contributed by atoms with Crippen molar-refractivity contribution in [2.45, 2.75) is 19.4 Å². The second-order valence-electron chi connectivity index (χ2n) is 6.45. The van der Waals surface area contributed by atoms with Crippen LogP contribution in [0.3, 0.4) is 0 Å². The van der Waals surface area contributed by atoms with E-state index >= 15 is 0 Å². The van der Waals surface area contributed by atoms with Crippen LogP contribution < -0.4 is 5.32 Å². The average Bonchev–Trinajstić information content (AvgIpc) is 2.83. The summed E-state index contributed by atoms with van der Waals surface area (Å²) in [5.74, 6) is 0.395. The molecule has 1 aromatic rings. The molecule has 0 saturated carbocycles. The quantitative estimate of drug-likeness (QED) is 0.780. The van der Waals surface area contributed by atoms with E-state index in [2.05, 4.69) is 10.2 Å². The third kappa shape index (κ3) is 5.31. The second-order valence-corrected chi connectivity index (χ2v) is 9.47. The largest absolute Gasteiger partial charge is 0.344 e. The number of nitrogens with zero attached hydrogens (tertiary/aromatic N) is 2. The predicted molar refractivity (Wildman–Crippen MR) is 105 cm³/mol. The molecule has 0 unspecified atom stereocenters. The molecule has 1 aliphatic heterocycles. The van der Waals surface area contributed by atoms with Crippen LogP contribution in [0, 0.1) is 6.92 Å². The molecule has 1 heterocycles. The Bertz CT molecular complexity index is 707. The molecule has 0 aromatic heterocycles. The number of rotatable bonds is 5. The van der Waals surface area contributed by atoms with Crippen LogP contribution in [0.4, 0.5) is 5.69 Å². The van der Waals surface area contributed by atoms with Gasteiger partial charge in [0.2, 0.25) is 0 Å². The van der Waals surface area contributed by atoms with Crippen LogP contribution in [0.25, 0.3) is 0 Å². The Morgan fingerprint density at radius 2 is 2.08 bits per heavy atom. The van der Waals surface area contributed by atoms with Crippen LogP contribution >= 0.6 is 23.8 Å². The van der Waals surface area contributed by atoms with Gasteiger partial charge in [-0.15, -0.1) is 0 Å². The number of hydrogen-bond donors (Lipinski definition) is 1. The van der Waals surface area contributed by atoms with Crippen LogP contribution in [0.2, 0.25) is 5.02 Å². The van der Waals surface area contributed by atoms with Crippen LogP contribution in [0.5, 0.6) is 0 Å². The summed E-state index contributed by atoms with van der Waals surface area (Å²) in [5.41, 5.74) is 1.81. The van der Waals surface area contributed by atoms with Crippen molar-refractivity contribution in [3.63, 3.8) is 0 Å². The van der Waals surface area contributed by atoms with E-state index in [0.717, 1.165) is 17.8 Å². The summed E-state index contributed by atoms with van der Waals surface area (Å²) in [6.45, 7) is 3.42. The van der Waals surface area contributed by atoms with Crippen molar-refractivity contribution in [2.75, 3.05) is 44.0 Å². The summed E-state index contributed by atoms with van der Waals surface area (Å²) >= 11 is 11.7. The van der Waals surface area contributed by atoms with E-state index in [1.165, 1.54) is 0 Å². The fourth-order valence-electron chi connectivity index (χ4n) is 2.64. The summed E-state index contributed by atoms with van der Waals surface area (Å²) in [7, 11) is 1.01. The Morgan fingerprint density at radius 3 is 2.62 bits per heavy atom. The van der Waals surface area contributed by atoms with Gasteiger partial charge in [0.1, 0.15) is 0 Å². The zero-order valence-corrected chi connectivity index (χ0v) is 16.6.